The maximum absolute atomic E-state index is 11.4. The number of benzene rings is 1. The molecule has 0 fully saturated rings. The quantitative estimate of drug-likeness (QED) is 0.783. The summed E-state index contributed by atoms with van der Waals surface area (Å²) < 4.78 is 0. The van der Waals surface area contributed by atoms with Gasteiger partial charge in [-0.15, -0.1) is 0 Å². The van der Waals surface area contributed by atoms with Crippen molar-refractivity contribution in [3.8, 4) is 0 Å². The fourth-order valence-corrected chi connectivity index (χ4v) is 2.13. The maximum atomic E-state index is 11.4. The molecule has 1 aromatic heterocycles. The summed E-state index contributed by atoms with van der Waals surface area (Å²) >= 11 is 0. The summed E-state index contributed by atoms with van der Waals surface area (Å²) in [5.74, 6) is -0.837. The van der Waals surface area contributed by atoms with Gasteiger partial charge in [0.25, 0.3) is 0 Å². The van der Waals surface area contributed by atoms with Crippen LogP contribution in [-0.2, 0) is 11.2 Å². The monoisotopic (exact) mass is 272 g/mol. The van der Waals surface area contributed by atoms with Crippen LogP contribution in [-0.4, -0.2) is 22.1 Å². The van der Waals surface area contributed by atoms with E-state index in [2.05, 4.69) is 10.3 Å². The SMILES string of the molecule is CC(C)=C(C)NC(Cc1c[nH]c2ccccc12)C(=O)O. The van der Waals surface area contributed by atoms with Crippen molar-refractivity contribution in [3.63, 3.8) is 0 Å². The Labute approximate surface area is 118 Å². The predicted molar refractivity (Wildman–Crippen MR) is 80.6 cm³/mol. The molecule has 4 heteroatoms. The summed E-state index contributed by atoms with van der Waals surface area (Å²) in [5, 5.41) is 13.5. The van der Waals surface area contributed by atoms with E-state index in [1.54, 1.807) is 0 Å². The second-order valence-electron chi connectivity index (χ2n) is 5.22. The zero-order valence-corrected chi connectivity index (χ0v) is 12.0. The Balaban J connectivity index is 2.24. The average molecular weight is 272 g/mol. The second kappa shape index (κ2) is 5.82. The number of aromatic amines is 1. The number of aliphatic carboxylic acids is 1. The van der Waals surface area contributed by atoms with Gasteiger partial charge in [0.15, 0.2) is 0 Å². The Morgan fingerprint density at radius 2 is 2.00 bits per heavy atom. The molecule has 0 saturated heterocycles. The summed E-state index contributed by atoms with van der Waals surface area (Å²) in [7, 11) is 0. The van der Waals surface area contributed by atoms with Gasteiger partial charge in [-0.3, -0.25) is 0 Å². The van der Waals surface area contributed by atoms with E-state index in [-0.39, 0.29) is 0 Å². The number of carbonyl (C=O) groups is 1. The summed E-state index contributed by atoms with van der Waals surface area (Å²) in [4.78, 5) is 14.6. The molecule has 0 aliphatic carbocycles. The molecule has 2 aromatic rings. The normalized spacial score (nSPS) is 12.2. The van der Waals surface area contributed by atoms with Gasteiger partial charge < -0.3 is 15.4 Å². The lowest BCUT2D eigenvalue weighted by Gasteiger charge is -2.17. The first-order valence-electron chi connectivity index (χ1n) is 6.67. The molecule has 20 heavy (non-hydrogen) atoms. The molecule has 2 rings (SSSR count). The summed E-state index contributed by atoms with van der Waals surface area (Å²) in [6.45, 7) is 5.83. The maximum Gasteiger partial charge on any atom is 0.326 e. The van der Waals surface area contributed by atoms with Crippen molar-refractivity contribution in [1.82, 2.24) is 10.3 Å². The minimum atomic E-state index is -0.837. The molecule has 0 bridgehead atoms. The minimum absolute atomic E-state index is 0.448. The third-order valence-electron chi connectivity index (χ3n) is 3.54. The molecule has 0 spiro atoms. The van der Waals surface area contributed by atoms with Gasteiger partial charge in [0.1, 0.15) is 6.04 Å². The minimum Gasteiger partial charge on any atom is -0.480 e. The van der Waals surface area contributed by atoms with Crippen LogP contribution in [0, 0.1) is 0 Å². The molecular weight excluding hydrogens is 252 g/mol. The van der Waals surface area contributed by atoms with Crippen molar-refractivity contribution in [2.75, 3.05) is 0 Å². The first-order chi connectivity index (χ1) is 9.49. The lowest BCUT2D eigenvalue weighted by atomic mass is 10.0. The van der Waals surface area contributed by atoms with E-state index in [0.29, 0.717) is 6.42 Å². The molecule has 1 unspecified atom stereocenters. The van der Waals surface area contributed by atoms with Crippen molar-refractivity contribution in [2.24, 2.45) is 0 Å². The number of H-pyrrole nitrogens is 1. The van der Waals surface area contributed by atoms with E-state index in [1.807, 2.05) is 51.2 Å². The first-order valence-corrected chi connectivity index (χ1v) is 6.67. The molecule has 0 aliphatic rings. The smallest absolute Gasteiger partial charge is 0.326 e. The summed E-state index contributed by atoms with van der Waals surface area (Å²) in [5.41, 5.74) is 4.06. The third-order valence-corrected chi connectivity index (χ3v) is 3.54. The number of fused-ring (bicyclic) bond motifs is 1. The van der Waals surface area contributed by atoms with Crippen LogP contribution in [0.25, 0.3) is 10.9 Å². The van der Waals surface area contributed by atoms with Gasteiger partial charge >= 0.3 is 5.97 Å². The van der Waals surface area contributed by atoms with Crippen molar-refractivity contribution >= 4 is 16.9 Å². The molecule has 1 atom stereocenters. The Hall–Kier alpha value is -2.23. The number of hydrogen-bond donors (Lipinski definition) is 3. The van der Waals surface area contributed by atoms with Crippen LogP contribution >= 0.6 is 0 Å². The summed E-state index contributed by atoms with van der Waals surface area (Å²) in [6.07, 6.45) is 2.34. The Bertz CT molecular complexity index is 651. The van der Waals surface area contributed by atoms with E-state index in [0.717, 1.165) is 27.7 Å². The molecule has 1 heterocycles. The van der Waals surface area contributed by atoms with E-state index in [9.17, 15) is 9.90 Å². The largest absolute Gasteiger partial charge is 0.480 e. The number of allylic oxidation sites excluding steroid dienone is 2. The molecule has 0 radical (unpaired) electrons. The van der Waals surface area contributed by atoms with Gasteiger partial charge in [-0.2, -0.15) is 0 Å². The third kappa shape index (κ3) is 3.02. The zero-order valence-electron chi connectivity index (χ0n) is 12.0. The number of para-hydroxylation sites is 1. The van der Waals surface area contributed by atoms with Crippen LogP contribution in [0.5, 0.6) is 0 Å². The van der Waals surface area contributed by atoms with Gasteiger partial charge in [0, 0.05) is 29.2 Å². The van der Waals surface area contributed by atoms with Crippen LogP contribution < -0.4 is 5.32 Å². The Morgan fingerprint density at radius 3 is 2.65 bits per heavy atom. The van der Waals surface area contributed by atoms with Gasteiger partial charge in [0.2, 0.25) is 0 Å². The number of rotatable bonds is 5. The van der Waals surface area contributed by atoms with E-state index in [4.69, 9.17) is 0 Å². The van der Waals surface area contributed by atoms with Crippen molar-refractivity contribution in [3.05, 3.63) is 47.3 Å². The highest BCUT2D eigenvalue weighted by Crippen LogP contribution is 2.19. The number of hydrogen-bond acceptors (Lipinski definition) is 2. The highest BCUT2D eigenvalue weighted by molar-refractivity contribution is 5.84. The highest BCUT2D eigenvalue weighted by atomic mass is 16.4. The standard InChI is InChI=1S/C16H20N2O2/c1-10(2)11(3)18-15(16(19)20)8-12-9-17-14-7-5-4-6-13(12)14/h4-7,9,15,17-18H,8H2,1-3H3,(H,19,20). The lowest BCUT2D eigenvalue weighted by molar-refractivity contribution is -0.139. The van der Waals surface area contributed by atoms with E-state index >= 15 is 0 Å². The Kier molecular flexibility index (Phi) is 4.13. The van der Waals surface area contributed by atoms with Crippen LogP contribution in [0.15, 0.2) is 41.7 Å². The molecule has 4 nitrogen and oxygen atoms in total. The topological polar surface area (TPSA) is 65.1 Å². The second-order valence-corrected chi connectivity index (χ2v) is 5.22. The highest BCUT2D eigenvalue weighted by Gasteiger charge is 2.19. The average Bonchev–Trinajstić information content (AvgIpc) is 2.81. The number of aromatic nitrogens is 1. The van der Waals surface area contributed by atoms with Gasteiger partial charge in [0.05, 0.1) is 0 Å². The molecule has 0 aliphatic heterocycles. The van der Waals surface area contributed by atoms with Gasteiger partial charge in [-0.25, -0.2) is 4.79 Å². The molecule has 0 saturated carbocycles. The molecular formula is C16H20N2O2. The van der Waals surface area contributed by atoms with E-state index < -0.39 is 12.0 Å². The fraction of sp³-hybridized carbons (Fsp3) is 0.312. The van der Waals surface area contributed by atoms with Crippen LogP contribution in [0.4, 0.5) is 0 Å². The zero-order chi connectivity index (χ0) is 14.7. The van der Waals surface area contributed by atoms with Gasteiger partial charge in [-0.05, 0) is 32.4 Å². The number of carboxylic acids is 1. The Morgan fingerprint density at radius 1 is 1.30 bits per heavy atom. The van der Waals surface area contributed by atoms with Crippen molar-refractivity contribution < 1.29 is 9.90 Å². The van der Waals surface area contributed by atoms with Crippen molar-refractivity contribution in [2.45, 2.75) is 33.2 Å². The van der Waals surface area contributed by atoms with E-state index in [1.165, 1.54) is 0 Å². The molecule has 1 aromatic carbocycles. The molecule has 3 N–H and O–H groups in total. The van der Waals surface area contributed by atoms with Gasteiger partial charge in [-0.1, -0.05) is 23.8 Å². The first kappa shape index (κ1) is 14.2. The number of carboxylic acid groups (broad SMARTS) is 1. The molecule has 106 valence electrons. The fourth-order valence-electron chi connectivity index (χ4n) is 2.13. The van der Waals surface area contributed by atoms with Crippen LogP contribution in [0.1, 0.15) is 26.3 Å². The van der Waals surface area contributed by atoms with Crippen LogP contribution in [0.3, 0.4) is 0 Å². The number of nitrogens with one attached hydrogen (secondary N) is 2. The summed E-state index contributed by atoms with van der Waals surface area (Å²) in [6, 6.07) is 7.30. The van der Waals surface area contributed by atoms with Crippen molar-refractivity contribution in [1.29, 1.82) is 0 Å². The molecule has 0 amide bonds. The lowest BCUT2D eigenvalue weighted by Crippen LogP contribution is -2.37. The predicted octanol–water partition coefficient (Wildman–Crippen LogP) is 3.07. The van der Waals surface area contributed by atoms with Crippen LogP contribution in [0.2, 0.25) is 0 Å².